The van der Waals surface area contributed by atoms with Gasteiger partial charge in [-0.1, -0.05) is 62.4 Å². The predicted molar refractivity (Wildman–Crippen MR) is 473 cm³/mol. The Labute approximate surface area is 792 Å². The zero-order valence-electron chi connectivity index (χ0n) is 72.4. The number of carboxylic acid groups (broad SMARTS) is 6. The molecule has 12 amide bonds. The van der Waals surface area contributed by atoms with Crippen LogP contribution in [0.5, 0.6) is 0 Å². The molecule has 0 spiro atoms. The summed E-state index contributed by atoms with van der Waals surface area (Å²) in [6.07, 6.45) is 0.273. The Hall–Kier alpha value is -12.3. The largest absolute Gasteiger partial charge is 0.870 e. The van der Waals surface area contributed by atoms with Crippen molar-refractivity contribution in [1.29, 1.82) is 10.8 Å². The molecule has 50 nitrogen and oxygen atoms in total. The van der Waals surface area contributed by atoms with Crippen LogP contribution in [0.1, 0.15) is 88.5 Å². The maximum Gasteiger partial charge on any atom is 0.326 e. The Morgan fingerprint density at radius 1 is 0.504 bits per heavy atom. The fourth-order valence-corrected chi connectivity index (χ4v) is 14.6. The number of nitrogens with one attached hydrogen (secondary N) is 16. The quantitative estimate of drug-likeness (QED) is 0.00845. The summed E-state index contributed by atoms with van der Waals surface area (Å²) in [5.41, 5.74) is 12.8. The van der Waals surface area contributed by atoms with E-state index in [9.17, 15) is 103 Å². The van der Waals surface area contributed by atoms with Crippen LogP contribution in [0.25, 0.3) is 16.2 Å². The topological polar surface area (TPSA) is 778 Å². The van der Waals surface area contributed by atoms with Gasteiger partial charge in [0, 0.05) is 153 Å². The zero-order valence-corrected chi connectivity index (χ0v) is 77.6. The van der Waals surface area contributed by atoms with Gasteiger partial charge in [-0.05, 0) is 78.8 Å². The Kier molecular flexibility index (Phi) is 48.6. The molecule has 2 aliphatic heterocycles. The summed E-state index contributed by atoms with van der Waals surface area (Å²) >= 11 is 16.1. The third kappa shape index (κ3) is 40.0. The van der Waals surface area contributed by atoms with E-state index in [1.54, 1.807) is 60.8 Å². The number of amides is 12. The van der Waals surface area contributed by atoms with Gasteiger partial charge >= 0.3 is 35.8 Å². The normalized spacial score (nSPS) is 16.4. The van der Waals surface area contributed by atoms with Gasteiger partial charge in [0.1, 0.15) is 54.4 Å². The number of carboxylic acids is 6. The number of fused-ring (bicyclic) bond motifs is 1. The number of benzene rings is 2. The van der Waals surface area contributed by atoms with Crippen LogP contribution in [0, 0.1) is 16.7 Å². The van der Waals surface area contributed by atoms with Crippen molar-refractivity contribution in [2.24, 2.45) is 17.4 Å². The Morgan fingerprint density at radius 3 is 1.47 bits per heavy atom. The third-order valence-electron chi connectivity index (χ3n) is 20.7. The first-order valence-electron chi connectivity index (χ1n) is 41.5. The number of hydrogen-bond acceptors (Lipinski definition) is 29. The number of guanidine groups is 2. The second-order valence-electron chi connectivity index (χ2n) is 31.2. The molecule has 6 rings (SSSR count). The van der Waals surface area contributed by atoms with Crippen LogP contribution in [-0.4, -0.2) is 363 Å². The first-order chi connectivity index (χ1) is 62.0. The summed E-state index contributed by atoms with van der Waals surface area (Å²) in [5.74, 6) is -22.7. The maximum absolute atomic E-state index is 15.2. The van der Waals surface area contributed by atoms with E-state index in [1.807, 2.05) is 0 Å². The molecular formula is C79H112N25O25ReS3-5. The van der Waals surface area contributed by atoms with Crippen LogP contribution >= 0.6 is 0 Å². The number of imidazole rings is 1. The molecule has 4 aromatic rings. The van der Waals surface area contributed by atoms with Gasteiger partial charge in [-0.2, -0.15) is 5.37 Å². The van der Waals surface area contributed by atoms with Crippen molar-refractivity contribution < 1.29 is 143 Å². The summed E-state index contributed by atoms with van der Waals surface area (Å²) < 4.78 is 0. The van der Waals surface area contributed by atoms with Crippen LogP contribution in [0.3, 0.4) is 0 Å². The monoisotopic (exact) mass is 2090 g/mol. The minimum atomic E-state index is -2.12. The molecular weight excluding hydrogens is 1980 g/mol. The number of rotatable bonds is 51. The number of para-hydroxylation sites is 1. The molecule has 54 heteroatoms. The molecule has 2 aromatic carbocycles. The summed E-state index contributed by atoms with van der Waals surface area (Å²) in [6.45, 7) is 1.53. The zero-order chi connectivity index (χ0) is 96.7. The molecule has 27 N–H and O–H groups in total. The summed E-state index contributed by atoms with van der Waals surface area (Å²) in [4.78, 5) is 260. The SMILES string of the molecule is CC(C)C(NC(=O)C1CCCN1C(=O)C(CCCNC(=N)N)NC(=O)C([S-])NC(=O)C(Cc1c[nH]c2ccccc12)NC(=O)C(CCCNC(=N)N)NC(=O)[C@H](Cc1ccccc1)NC(=O)C(Cc1cnc[nH]1)NC(=O)C(CCC(=O)O)NC(=O)C([S-])[N-]C(=O)C([S-])NC(=O)CN1CCN(CC(=O)O)CCN(CC(=O)O)CCN(CC(=O)O)CC1)C(=O)NC(CC(=O)O)C(=O)O.[OH-].[Re]. The average Bonchev–Trinajstić information content (AvgIpc) is 1.68. The fourth-order valence-electron chi connectivity index (χ4n) is 14.0. The van der Waals surface area contributed by atoms with Crippen molar-refractivity contribution >= 4 is 167 Å². The number of aromatic nitrogens is 3. The van der Waals surface area contributed by atoms with Gasteiger partial charge in [-0.25, -0.2) is 9.78 Å². The van der Waals surface area contributed by atoms with E-state index in [0.717, 1.165) is 4.90 Å². The number of H-pyrrole nitrogens is 2. The van der Waals surface area contributed by atoms with E-state index in [2.05, 4.69) is 84.1 Å². The molecule has 1 radical (unpaired) electrons. The summed E-state index contributed by atoms with van der Waals surface area (Å²) in [7, 11) is 0. The van der Waals surface area contributed by atoms with Crippen LogP contribution < -0.4 is 75.3 Å². The maximum atomic E-state index is 15.2. The van der Waals surface area contributed by atoms with Crippen molar-refractivity contribution in [2.75, 3.05) is 98.2 Å². The molecule has 12 atom stereocenters. The van der Waals surface area contributed by atoms with E-state index in [1.165, 1.54) is 46.0 Å². The van der Waals surface area contributed by atoms with Crippen LogP contribution in [0.2, 0.25) is 0 Å². The number of aliphatic carboxylic acids is 6. The number of carbonyl (C=O) groups is 18. The number of nitrogens with zero attached hydrogens (tertiary/aromatic N) is 7. The Bertz CT molecular complexity index is 4650. The number of nitrogens with two attached hydrogens (primary N) is 2. The van der Waals surface area contributed by atoms with Crippen molar-refractivity contribution in [3.05, 3.63) is 95.5 Å². The van der Waals surface area contributed by atoms with Crippen LogP contribution in [-0.2, 0) is 164 Å². The number of likely N-dealkylation sites (tertiary alicyclic amines) is 1. The molecule has 733 valence electrons. The van der Waals surface area contributed by atoms with Crippen LogP contribution in [0.15, 0.2) is 73.3 Å². The van der Waals surface area contributed by atoms with Crippen molar-refractivity contribution in [3.63, 3.8) is 0 Å². The second-order valence-corrected chi connectivity index (χ2v) is 32.5. The predicted octanol–water partition coefficient (Wildman–Crippen LogP) is -7.56. The van der Waals surface area contributed by atoms with E-state index in [4.69, 9.17) is 60.2 Å². The molecule has 2 saturated heterocycles. The van der Waals surface area contributed by atoms with E-state index < -0.39 is 247 Å². The molecule has 2 fully saturated rings. The minimum absolute atomic E-state index is 0. The van der Waals surface area contributed by atoms with Gasteiger partial charge < -0.3 is 174 Å². The van der Waals surface area contributed by atoms with Crippen molar-refractivity contribution in [3.8, 4) is 0 Å². The molecule has 0 aliphatic carbocycles. The minimum Gasteiger partial charge on any atom is -0.870 e. The Morgan fingerprint density at radius 2 is 0.970 bits per heavy atom. The van der Waals surface area contributed by atoms with Crippen molar-refractivity contribution in [1.82, 2.24) is 103 Å². The molecule has 2 aromatic heterocycles. The number of carbonyl (C=O) groups excluding carboxylic acids is 12. The smallest absolute Gasteiger partial charge is 0.326 e. The Balaban J connectivity index is 0.0000185. The van der Waals surface area contributed by atoms with Gasteiger partial charge in [0.2, 0.25) is 59.1 Å². The molecule has 0 bridgehead atoms. The van der Waals surface area contributed by atoms with E-state index in [-0.39, 0.29) is 155 Å². The number of hydrogen-bond donors (Lipinski definition) is 24. The van der Waals surface area contributed by atoms with Gasteiger partial charge in [0.25, 0.3) is 0 Å². The van der Waals surface area contributed by atoms with Crippen LogP contribution in [0.4, 0.5) is 0 Å². The standard InChI is InChI=1S/C79H115N25O24S3.H2O.Re/c1-42(2)62(69(122)95-54(77(127)128)34-58(108)109)97-68(121)55-17-10-22-104(55)76(126)50(16-9-21-86-79(82)83)91-71(124)74(130)98-67(120)52(32-44-35-87-47-14-7-6-13-46(44)47)93-63(116)48(15-8-20-85-78(80)81)89-65(118)51(31-43-11-4-3-5-12-43)92-66(119)53(33-45-36-84-41-88-45)94-64(117)49(18-19-57(106)107)90-70(123)75(131)99-72(125)73(129)96-56(105)37-100-23-25-101(38-59(110)111)27-29-103(40-61(114)115)30-28-102(26-24-100)39-60(112)113;;/h3-7,11-14,35-36,41-42,48-55,62,73-75,87H,8-10,15-34,37-40H2,1-2H3,(H29,80,81,82,83,84,85,86,88,89,90,91,92,93,94,95,96,97,98,99,105,106,107,108,109,110,111,112,113,114,115,116,117,118,119,120,121,122,123,124,125,127,128,129,130,131);1H2;/p-5/t48?,49?,50?,51-,52?,53?,54?,55?,62?,73?,74?,75?;;/m0../s1. The third-order valence-corrected chi connectivity index (χ3v) is 21.7. The fraction of sp³-hybridized carbons (Fsp3) is 0.532. The van der Waals surface area contributed by atoms with E-state index >= 15 is 14.4 Å². The molecule has 133 heavy (non-hydrogen) atoms. The van der Waals surface area contributed by atoms with Gasteiger partial charge in [0.05, 0.1) is 38.9 Å². The number of aromatic amines is 2. The first-order valence-corrected chi connectivity index (χ1v) is 42.9. The molecule has 0 saturated carbocycles. The van der Waals surface area contributed by atoms with Gasteiger partial charge in [-0.3, -0.25) is 107 Å². The molecule has 2 aliphatic rings. The second kappa shape index (κ2) is 57.2. The molecule has 11 unspecified atom stereocenters. The van der Waals surface area contributed by atoms with Crippen molar-refractivity contribution in [2.45, 2.75) is 161 Å². The van der Waals surface area contributed by atoms with Gasteiger partial charge in [-0.15, -0.1) is 0 Å². The average molecular weight is 2090 g/mol. The van der Waals surface area contributed by atoms with E-state index in [0.29, 0.717) is 22.0 Å². The first kappa shape index (κ1) is 113. The summed E-state index contributed by atoms with van der Waals surface area (Å²) in [6, 6.07) is 0.191. The van der Waals surface area contributed by atoms with Gasteiger partial charge in [0.15, 0.2) is 17.8 Å². The molecule has 4 heterocycles. The summed E-state index contributed by atoms with van der Waals surface area (Å²) in [5, 5.41) is 101.